The number of amides is 1. The van der Waals surface area contributed by atoms with Crippen LogP contribution in [0.25, 0.3) is 0 Å². The highest BCUT2D eigenvalue weighted by atomic mass is 32.2. The van der Waals surface area contributed by atoms with Gasteiger partial charge in [0.2, 0.25) is 5.91 Å². The van der Waals surface area contributed by atoms with E-state index in [1.807, 2.05) is 0 Å². The molecular formula is C14H16FNO4S. The fraction of sp³-hybridized carbons (Fsp3) is 0.429. The number of hydrogen-bond acceptors (Lipinski definition) is 4. The Hall–Kier alpha value is -1.60. The molecule has 2 unspecified atom stereocenters. The van der Waals surface area contributed by atoms with E-state index in [1.54, 1.807) is 12.1 Å². The Morgan fingerprint density at radius 2 is 2.05 bits per heavy atom. The lowest BCUT2D eigenvalue weighted by molar-refractivity contribution is -0.149. The average Bonchev–Trinajstić information content (AvgIpc) is 2.93. The molecule has 1 aromatic rings. The lowest BCUT2D eigenvalue weighted by Gasteiger charge is -2.12. The third kappa shape index (κ3) is 5.02. The van der Waals surface area contributed by atoms with Gasteiger partial charge in [-0.25, -0.2) is 9.18 Å². The van der Waals surface area contributed by atoms with Crippen molar-refractivity contribution in [2.45, 2.75) is 29.9 Å². The number of rotatable bonds is 6. The summed E-state index contributed by atoms with van der Waals surface area (Å²) in [6.07, 6.45) is 0.0918. The summed E-state index contributed by atoms with van der Waals surface area (Å²) in [6.45, 7) is 0.312. The zero-order chi connectivity index (χ0) is 15.2. The molecule has 2 rings (SSSR count). The highest BCUT2D eigenvalue weighted by Crippen LogP contribution is 2.20. The SMILES string of the molecule is O=C(CSc1ccc(F)cc1)NCC1CCC(C(=O)O)O1. The minimum Gasteiger partial charge on any atom is -0.479 e. The molecule has 0 spiro atoms. The number of benzene rings is 1. The van der Waals surface area contributed by atoms with Crippen LogP contribution < -0.4 is 5.32 Å². The fourth-order valence-corrected chi connectivity index (χ4v) is 2.72. The number of thioether (sulfide) groups is 1. The van der Waals surface area contributed by atoms with E-state index < -0.39 is 12.1 Å². The minimum atomic E-state index is -0.962. The van der Waals surface area contributed by atoms with Crippen LogP contribution in [0.4, 0.5) is 4.39 Å². The Balaban J connectivity index is 1.66. The lowest BCUT2D eigenvalue weighted by Crippen LogP contribution is -2.34. The van der Waals surface area contributed by atoms with Gasteiger partial charge < -0.3 is 15.2 Å². The molecule has 1 aromatic carbocycles. The maximum Gasteiger partial charge on any atom is 0.332 e. The van der Waals surface area contributed by atoms with E-state index in [-0.39, 0.29) is 23.6 Å². The van der Waals surface area contributed by atoms with E-state index in [4.69, 9.17) is 9.84 Å². The van der Waals surface area contributed by atoms with Gasteiger partial charge in [0.05, 0.1) is 11.9 Å². The number of carbonyl (C=O) groups excluding carboxylic acids is 1. The largest absolute Gasteiger partial charge is 0.479 e. The molecule has 0 saturated carbocycles. The van der Waals surface area contributed by atoms with Gasteiger partial charge in [-0.3, -0.25) is 4.79 Å². The molecule has 1 amide bonds. The lowest BCUT2D eigenvalue weighted by atomic mass is 10.2. The number of carboxylic acids is 1. The molecule has 7 heteroatoms. The van der Waals surface area contributed by atoms with Crippen LogP contribution >= 0.6 is 11.8 Å². The fourth-order valence-electron chi connectivity index (χ4n) is 2.00. The maximum atomic E-state index is 12.7. The Morgan fingerprint density at radius 3 is 2.67 bits per heavy atom. The molecule has 2 atom stereocenters. The van der Waals surface area contributed by atoms with Gasteiger partial charge in [-0.1, -0.05) is 0 Å². The summed E-state index contributed by atoms with van der Waals surface area (Å²) in [5.74, 6) is -1.21. The van der Waals surface area contributed by atoms with Crippen molar-refractivity contribution >= 4 is 23.6 Å². The third-order valence-corrected chi connectivity index (χ3v) is 4.11. The zero-order valence-corrected chi connectivity index (χ0v) is 12.1. The summed E-state index contributed by atoms with van der Waals surface area (Å²) in [5, 5.41) is 11.5. The van der Waals surface area contributed by atoms with E-state index >= 15 is 0 Å². The van der Waals surface area contributed by atoms with E-state index in [2.05, 4.69) is 5.32 Å². The van der Waals surface area contributed by atoms with E-state index in [0.717, 1.165) is 4.90 Å². The molecule has 1 saturated heterocycles. The third-order valence-electron chi connectivity index (χ3n) is 3.09. The van der Waals surface area contributed by atoms with Gasteiger partial charge in [-0.2, -0.15) is 0 Å². The summed E-state index contributed by atoms with van der Waals surface area (Å²) >= 11 is 1.31. The predicted molar refractivity (Wildman–Crippen MR) is 75.7 cm³/mol. The molecular weight excluding hydrogens is 297 g/mol. The number of nitrogens with one attached hydrogen (secondary N) is 1. The number of aliphatic carboxylic acids is 1. The standard InChI is InChI=1S/C14H16FNO4S/c15-9-1-4-11(5-2-9)21-8-13(17)16-7-10-3-6-12(20-10)14(18)19/h1-2,4-5,10,12H,3,6-8H2,(H,16,17)(H,18,19). The van der Waals surface area contributed by atoms with Crippen LogP contribution in [0.5, 0.6) is 0 Å². The first kappa shape index (κ1) is 15.8. The van der Waals surface area contributed by atoms with Crippen molar-refractivity contribution in [1.29, 1.82) is 0 Å². The zero-order valence-electron chi connectivity index (χ0n) is 11.3. The normalized spacial score (nSPS) is 21.2. The van der Waals surface area contributed by atoms with Gasteiger partial charge in [-0.05, 0) is 37.1 Å². The van der Waals surface area contributed by atoms with Crippen molar-refractivity contribution in [1.82, 2.24) is 5.32 Å². The quantitative estimate of drug-likeness (QED) is 0.781. The second-order valence-corrected chi connectivity index (χ2v) is 5.76. The Labute approximate surface area is 125 Å². The molecule has 1 aliphatic heterocycles. The van der Waals surface area contributed by atoms with Crippen LogP contribution in [0.3, 0.4) is 0 Å². The van der Waals surface area contributed by atoms with Gasteiger partial charge in [0.1, 0.15) is 5.82 Å². The van der Waals surface area contributed by atoms with E-state index in [9.17, 15) is 14.0 Å². The van der Waals surface area contributed by atoms with Crippen molar-refractivity contribution < 1.29 is 23.8 Å². The number of halogens is 1. The molecule has 1 aliphatic rings. The number of carbonyl (C=O) groups is 2. The van der Waals surface area contributed by atoms with Gasteiger partial charge in [0.25, 0.3) is 0 Å². The Morgan fingerprint density at radius 1 is 1.33 bits per heavy atom. The Bertz CT molecular complexity index is 508. The average molecular weight is 313 g/mol. The van der Waals surface area contributed by atoms with Gasteiger partial charge in [0.15, 0.2) is 6.10 Å². The molecule has 0 bridgehead atoms. The number of ether oxygens (including phenoxy) is 1. The topological polar surface area (TPSA) is 75.6 Å². The first-order valence-corrected chi connectivity index (χ1v) is 7.56. The summed E-state index contributed by atoms with van der Waals surface area (Å²) < 4.78 is 18.0. The molecule has 114 valence electrons. The van der Waals surface area contributed by atoms with E-state index in [0.29, 0.717) is 19.4 Å². The Kier molecular flexibility index (Phi) is 5.58. The molecule has 5 nitrogen and oxygen atoms in total. The van der Waals surface area contributed by atoms with E-state index in [1.165, 1.54) is 23.9 Å². The molecule has 0 aromatic heterocycles. The van der Waals surface area contributed by atoms with Crippen LogP contribution in [-0.2, 0) is 14.3 Å². The molecule has 0 radical (unpaired) electrons. The summed E-state index contributed by atoms with van der Waals surface area (Å²) in [6, 6.07) is 5.92. The van der Waals surface area contributed by atoms with Crippen LogP contribution in [0.2, 0.25) is 0 Å². The second-order valence-electron chi connectivity index (χ2n) is 4.71. The molecule has 2 N–H and O–H groups in total. The molecule has 21 heavy (non-hydrogen) atoms. The smallest absolute Gasteiger partial charge is 0.332 e. The van der Waals surface area contributed by atoms with Crippen molar-refractivity contribution in [3.05, 3.63) is 30.1 Å². The summed E-state index contributed by atoms with van der Waals surface area (Å²) in [5.41, 5.74) is 0. The first-order chi connectivity index (χ1) is 10.0. The molecule has 1 heterocycles. The number of hydrogen-bond donors (Lipinski definition) is 2. The van der Waals surface area contributed by atoms with Crippen LogP contribution in [0, 0.1) is 5.82 Å². The molecule has 1 fully saturated rings. The highest BCUT2D eigenvalue weighted by molar-refractivity contribution is 8.00. The monoisotopic (exact) mass is 313 g/mol. The first-order valence-electron chi connectivity index (χ1n) is 6.58. The predicted octanol–water partition coefficient (Wildman–Crippen LogP) is 1.67. The summed E-state index contributed by atoms with van der Waals surface area (Å²) in [7, 11) is 0. The summed E-state index contributed by atoms with van der Waals surface area (Å²) in [4.78, 5) is 23.2. The van der Waals surface area contributed by atoms with Crippen molar-refractivity contribution in [3.63, 3.8) is 0 Å². The van der Waals surface area contributed by atoms with Gasteiger partial charge >= 0.3 is 5.97 Å². The van der Waals surface area contributed by atoms with Crippen LogP contribution in [0.1, 0.15) is 12.8 Å². The number of carboxylic acid groups (broad SMARTS) is 1. The minimum absolute atomic E-state index is 0.160. The highest BCUT2D eigenvalue weighted by Gasteiger charge is 2.30. The van der Waals surface area contributed by atoms with Crippen molar-refractivity contribution in [2.24, 2.45) is 0 Å². The van der Waals surface area contributed by atoms with Crippen molar-refractivity contribution in [2.75, 3.05) is 12.3 Å². The van der Waals surface area contributed by atoms with Crippen LogP contribution in [-0.4, -0.2) is 41.5 Å². The van der Waals surface area contributed by atoms with Crippen molar-refractivity contribution in [3.8, 4) is 0 Å². The maximum absolute atomic E-state index is 12.7. The van der Waals surface area contributed by atoms with Crippen LogP contribution in [0.15, 0.2) is 29.2 Å². The molecule has 0 aliphatic carbocycles. The van der Waals surface area contributed by atoms with Gasteiger partial charge in [0, 0.05) is 11.4 Å². The van der Waals surface area contributed by atoms with Gasteiger partial charge in [-0.15, -0.1) is 11.8 Å². The second kappa shape index (κ2) is 7.42.